The largest absolute Gasteiger partial charge is 0.347 e. The van der Waals surface area contributed by atoms with Crippen molar-refractivity contribution in [2.24, 2.45) is 7.05 Å². The Bertz CT molecular complexity index is 684. The van der Waals surface area contributed by atoms with Gasteiger partial charge in [-0.15, -0.1) is 0 Å². The lowest BCUT2D eigenvalue weighted by Crippen LogP contribution is -2.37. The number of aliphatic hydroxyl groups is 1. The molecule has 1 saturated carbocycles. The van der Waals surface area contributed by atoms with E-state index in [0.717, 1.165) is 18.5 Å². The summed E-state index contributed by atoms with van der Waals surface area (Å²) >= 11 is 0. The monoisotopic (exact) mass is 353 g/mol. The van der Waals surface area contributed by atoms with E-state index in [4.69, 9.17) is 5.11 Å². The van der Waals surface area contributed by atoms with Gasteiger partial charge >= 0.3 is 6.61 Å². The summed E-state index contributed by atoms with van der Waals surface area (Å²) in [7, 11) is 1.90. The highest BCUT2D eigenvalue weighted by Crippen LogP contribution is 2.18. The van der Waals surface area contributed by atoms with E-state index in [9.17, 15) is 13.6 Å². The molecule has 1 aliphatic carbocycles. The van der Waals surface area contributed by atoms with E-state index in [1.54, 1.807) is 24.8 Å². The van der Waals surface area contributed by atoms with E-state index in [2.05, 4.69) is 20.3 Å². The van der Waals surface area contributed by atoms with Crippen molar-refractivity contribution >= 4 is 5.91 Å². The molecule has 1 amide bonds. The van der Waals surface area contributed by atoms with E-state index in [1.807, 2.05) is 11.6 Å². The van der Waals surface area contributed by atoms with E-state index < -0.39 is 6.61 Å². The fraction of sp³-hybridized carbons (Fsp3) is 0.500. The highest BCUT2D eigenvalue weighted by atomic mass is 19.3. The summed E-state index contributed by atoms with van der Waals surface area (Å²) in [6, 6.07) is 2.05. The molecule has 0 unspecified atom stereocenters. The third kappa shape index (κ3) is 5.86. The SMILES string of the molecule is Cn1cncc1-c1ccnc(C(=O)NC2CCCCC2)n1.OC(F)F. The molecule has 0 aromatic carbocycles. The van der Waals surface area contributed by atoms with Crippen LogP contribution in [0.1, 0.15) is 42.7 Å². The molecule has 2 heterocycles. The molecule has 3 rings (SSSR count). The lowest BCUT2D eigenvalue weighted by Gasteiger charge is -2.22. The van der Waals surface area contributed by atoms with Crippen LogP contribution in [0.2, 0.25) is 0 Å². The minimum Gasteiger partial charge on any atom is -0.347 e. The lowest BCUT2D eigenvalue weighted by molar-refractivity contribution is -0.0728. The van der Waals surface area contributed by atoms with Crippen LogP contribution in [0.4, 0.5) is 8.78 Å². The molecule has 0 bridgehead atoms. The number of halogens is 2. The number of alkyl halides is 2. The van der Waals surface area contributed by atoms with Crippen molar-refractivity contribution in [2.45, 2.75) is 44.8 Å². The molecule has 0 spiro atoms. The number of nitrogens with one attached hydrogen (secondary N) is 1. The second kappa shape index (κ2) is 9.16. The standard InChI is InChI=1S/C15H19N5O.CH2F2O/c1-20-10-16-9-13(20)12-7-8-17-14(19-12)15(21)18-11-5-3-2-4-6-11;2-1(3)4/h7-11H,2-6H2,1H3,(H,18,21);1,4H. The summed E-state index contributed by atoms with van der Waals surface area (Å²) < 4.78 is 21.6. The van der Waals surface area contributed by atoms with Gasteiger partial charge in [0.15, 0.2) is 0 Å². The van der Waals surface area contributed by atoms with E-state index in [1.165, 1.54) is 19.3 Å². The van der Waals surface area contributed by atoms with Crippen molar-refractivity contribution in [3.8, 4) is 11.4 Å². The summed E-state index contributed by atoms with van der Waals surface area (Å²) in [5.41, 5.74) is 1.57. The number of aromatic nitrogens is 4. The van der Waals surface area contributed by atoms with Crippen molar-refractivity contribution in [1.29, 1.82) is 0 Å². The van der Waals surface area contributed by atoms with E-state index in [0.29, 0.717) is 5.69 Å². The molecule has 2 aromatic rings. The zero-order chi connectivity index (χ0) is 18.2. The Hall–Kier alpha value is -2.42. The lowest BCUT2D eigenvalue weighted by atomic mass is 9.95. The maximum Gasteiger partial charge on any atom is 0.342 e. The molecular weight excluding hydrogens is 332 g/mol. The second-order valence-corrected chi connectivity index (χ2v) is 5.74. The van der Waals surface area contributed by atoms with Crippen LogP contribution >= 0.6 is 0 Å². The van der Waals surface area contributed by atoms with Gasteiger partial charge in [0, 0.05) is 19.3 Å². The Kier molecular flexibility index (Phi) is 6.93. The van der Waals surface area contributed by atoms with Crippen molar-refractivity contribution in [3.63, 3.8) is 0 Å². The first kappa shape index (κ1) is 18.9. The molecule has 7 nitrogen and oxygen atoms in total. The quantitative estimate of drug-likeness (QED) is 0.882. The summed E-state index contributed by atoms with van der Waals surface area (Å²) in [4.78, 5) is 24.8. The summed E-state index contributed by atoms with van der Waals surface area (Å²) in [5, 5.41) is 9.76. The summed E-state index contributed by atoms with van der Waals surface area (Å²) in [6.45, 7) is -3.17. The highest BCUT2D eigenvalue weighted by Gasteiger charge is 2.18. The molecule has 136 valence electrons. The van der Waals surface area contributed by atoms with Crippen molar-refractivity contribution < 1.29 is 18.7 Å². The minimum atomic E-state index is -3.17. The third-order valence-electron chi connectivity index (χ3n) is 3.88. The van der Waals surface area contributed by atoms with Crippen LogP contribution in [0.5, 0.6) is 0 Å². The molecule has 0 aliphatic heterocycles. The fourth-order valence-corrected chi connectivity index (χ4v) is 2.71. The maximum atomic E-state index is 12.3. The number of nitrogens with zero attached hydrogens (tertiary/aromatic N) is 4. The molecule has 9 heteroatoms. The van der Waals surface area contributed by atoms with Crippen LogP contribution in [0.15, 0.2) is 24.8 Å². The Balaban J connectivity index is 0.000000511. The van der Waals surface area contributed by atoms with Crippen LogP contribution in [-0.4, -0.2) is 43.2 Å². The van der Waals surface area contributed by atoms with Gasteiger partial charge in [-0.1, -0.05) is 19.3 Å². The first-order valence-electron chi connectivity index (χ1n) is 8.04. The zero-order valence-corrected chi connectivity index (χ0v) is 13.9. The van der Waals surface area contributed by atoms with Gasteiger partial charge in [0.2, 0.25) is 5.82 Å². The maximum absolute atomic E-state index is 12.3. The first-order chi connectivity index (χ1) is 12.0. The zero-order valence-electron chi connectivity index (χ0n) is 13.9. The average molecular weight is 353 g/mol. The number of hydrogen-bond acceptors (Lipinski definition) is 5. The average Bonchev–Trinajstić information content (AvgIpc) is 3.01. The van der Waals surface area contributed by atoms with Crippen molar-refractivity contribution in [3.05, 3.63) is 30.6 Å². The number of carbonyl (C=O) groups excluding carboxylic acids is 1. The van der Waals surface area contributed by atoms with E-state index in [-0.39, 0.29) is 17.8 Å². The molecule has 2 aromatic heterocycles. The number of amides is 1. The molecule has 1 aliphatic rings. The topological polar surface area (TPSA) is 92.9 Å². The van der Waals surface area contributed by atoms with Gasteiger partial charge in [-0.3, -0.25) is 4.79 Å². The van der Waals surface area contributed by atoms with Crippen molar-refractivity contribution in [2.75, 3.05) is 0 Å². The molecule has 2 N–H and O–H groups in total. The van der Waals surface area contributed by atoms with Gasteiger partial charge in [-0.2, -0.15) is 8.78 Å². The van der Waals surface area contributed by atoms with Gasteiger partial charge in [0.25, 0.3) is 5.91 Å². The number of rotatable bonds is 3. The Morgan fingerprint density at radius 3 is 2.64 bits per heavy atom. The minimum absolute atomic E-state index is 0.189. The third-order valence-corrected chi connectivity index (χ3v) is 3.88. The molecule has 0 saturated heterocycles. The number of hydrogen-bond donors (Lipinski definition) is 2. The van der Waals surface area contributed by atoms with Crippen molar-refractivity contribution in [1.82, 2.24) is 24.8 Å². The number of imidazole rings is 1. The fourth-order valence-electron chi connectivity index (χ4n) is 2.71. The first-order valence-corrected chi connectivity index (χ1v) is 8.04. The Morgan fingerprint density at radius 1 is 1.36 bits per heavy atom. The van der Waals surface area contributed by atoms with Gasteiger partial charge < -0.3 is 15.0 Å². The summed E-state index contributed by atoms with van der Waals surface area (Å²) in [6.07, 6.45) is 10.8. The predicted molar refractivity (Wildman–Crippen MR) is 86.8 cm³/mol. The number of aryl methyl sites for hydroxylation is 1. The Labute approximate surface area is 144 Å². The smallest absolute Gasteiger partial charge is 0.342 e. The molecule has 0 radical (unpaired) electrons. The molecular formula is C16H21F2N5O2. The number of carbonyl (C=O) groups is 1. The van der Waals surface area contributed by atoms with E-state index >= 15 is 0 Å². The van der Waals surface area contributed by atoms with Crippen LogP contribution in [0, 0.1) is 0 Å². The highest BCUT2D eigenvalue weighted by molar-refractivity contribution is 5.91. The molecule has 0 atom stereocenters. The van der Waals surface area contributed by atoms with Gasteiger partial charge in [-0.05, 0) is 18.9 Å². The summed E-state index contributed by atoms with van der Waals surface area (Å²) in [5.74, 6) is 0.0326. The van der Waals surface area contributed by atoms with Crippen LogP contribution in [0.25, 0.3) is 11.4 Å². The molecule has 1 fully saturated rings. The van der Waals surface area contributed by atoms with Crippen LogP contribution in [0.3, 0.4) is 0 Å². The normalized spacial score (nSPS) is 14.8. The van der Waals surface area contributed by atoms with Gasteiger partial charge in [-0.25, -0.2) is 15.0 Å². The van der Waals surface area contributed by atoms with Crippen LogP contribution < -0.4 is 5.32 Å². The Morgan fingerprint density at radius 2 is 2.04 bits per heavy atom. The number of aliphatic hydroxyl groups excluding tert-OH is 1. The second-order valence-electron chi connectivity index (χ2n) is 5.74. The van der Waals surface area contributed by atoms with Gasteiger partial charge in [0.05, 0.1) is 23.9 Å². The van der Waals surface area contributed by atoms with Crippen LogP contribution in [-0.2, 0) is 7.05 Å². The predicted octanol–water partition coefficient (Wildman–Crippen LogP) is 2.14. The van der Waals surface area contributed by atoms with Gasteiger partial charge in [0.1, 0.15) is 0 Å². The molecule has 25 heavy (non-hydrogen) atoms.